The van der Waals surface area contributed by atoms with Gasteiger partial charge in [0, 0.05) is 38.1 Å². The molecule has 0 bridgehead atoms. The molecule has 0 aliphatic heterocycles. The summed E-state index contributed by atoms with van der Waals surface area (Å²) in [6.45, 7) is 9.63. The summed E-state index contributed by atoms with van der Waals surface area (Å²) in [6.07, 6.45) is 1.10. The minimum absolute atomic E-state index is 0.0135. The number of rotatable bonds is 5. The number of aromatic nitrogens is 5. The number of fused-ring (bicyclic) bond motifs is 9. The van der Waals surface area contributed by atoms with Crippen LogP contribution >= 0.6 is 0 Å². The summed E-state index contributed by atoms with van der Waals surface area (Å²) in [4.78, 5) is 16.0. The lowest BCUT2D eigenvalue weighted by atomic mass is 9.81. The van der Waals surface area contributed by atoms with E-state index in [2.05, 4.69) is 188 Å². The molecule has 0 spiro atoms. The van der Waals surface area contributed by atoms with Crippen LogP contribution in [0, 0.1) is 0 Å². The molecule has 3 heterocycles. The first-order chi connectivity index (χ1) is 29.7. The van der Waals surface area contributed by atoms with Crippen LogP contribution in [0.15, 0.2) is 176 Å². The van der Waals surface area contributed by atoms with Crippen LogP contribution in [0.3, 0.4) is 0 Å². The van der Waals surface area contributed by atoms with Gasteiger partial charge in [0.2, 0.25) is 5.95 Å². The molecule has 0 saturated carbocycles. The third-order valence-corrected chi connectivity index (χ3v) is 13.1. The van der Waals surface area contributed by atoms with Crippen LogP contribution in [0.5, 0.6) is 0 Å². The SMILES string of the molecule is CC1(C)CC(C)(C)c2c(-n3c4ccccc4c4cc5c(cc43)c3ccc4ccccc4c3n5-c3nc(-c4ccccc4)nc(-c4cccc(-c5ccccc5)c4)n3)cccc21. The third-order valence-electron chi connectivity index (χ3n) is 13.1. The van der Waals surface area contributed by atoms with Crippen molar-refractivity contribution in [1.82, 2.24) is 24.1 Å². The fraction of sp³-hybridized carbons (Fsp3) is 0.125. The fourth-order valence-electron chi connectivity index (χ4n) is 10.8. The summed E-state index contributed by atoms with van der Waals surface area (Å²) in [5, 5.41) is 7.02. The van der Waals surface area contributed by atoms with E-state index in [0.29, 0.717) is 17.6 Å². The quantitative estimate of drug-likeness (QED) is 0.175. The van der Waals surface area contributed by atoms with E-state index in [0.717, 1.165) is 61.3 Å². The highest BCUT2D eigenvalue weighted by atomic mass is 15.2. The van der Waals surface area contributed by atoms with Gasteiger partial charge in [-0.3, -0.25) is 4.57 Å². The normalized spacial score (nSPS) is 14.4. The zero-order chi connectivity index (χ0) is 41.0. The first-order valence-electron chi connectivity index (χ1n) is 21.2. The molecule has 0 fully saturated rings. The standard InChI is InChI=1S/C56H43N5/c1-55(2)34-56(3,4)50-45(55)26-16-28-47(50)60-46-27-14-13-25-41(46)43-32-49-44(33-48(43)60)42-30-29-36-19-11-12-24-40(36)51(42)61(49)54-58-52(37-20-9-6-10-21-37)57-53(59-54)39-23-15-22-38(31-39)35-17-7-5-8-18-35/h5-33H,34H2,1-4H3. The van der Waals surface area contributed by atoms with Gasteiger partial charge < -0.3 is 4.57 Å². The Kier molecular flexibility index (Phi) is 7.62. The monoisotopic (exact) mass is 785 g/mol. The Morgan fingerprint density at radius 2 is 1.02 bits per heavy atom. The van der Waals surface area contributed by atoms with Crippen molar-refractivity contribution in [3.8, 4) is 45.5 Å². The van der Waals surface area contributed by atoms with Gasteiger partial charge in [0.15, 0.2) is 11.6 Å². The second kappa shape index (κ2) is 13.1. The van der Waals surface area contributed by atoms with E-state index in [-0.39, 0.29) is 10.8 Å². The maximum atomic E-state index is 5.41. The average molecular weight is 786 g/mol. The van der Waals surface area contributed by atoms with Crippen molar-refractivity contribution in [3.05, 3.63) is 187 Å². The van der Waals surface area contributed by atoms with Crippen LogP contribution in [0.2, 0.25) is 0 Å². The zero-order valence-corrected chi connectivity index (χ0v) is 34.7. The Morgan fingerprint density at radius 3 is 1.80 bits per heavy atom. The van der Waals surface area contributed by atoms with Crippen LogP contribution in [0.1, 0.15) is 45.2 Å². The van der Waals surface area contributed by atoms with E-state index in [4.69, 9.17) is 15.0 Å². The molecule has 292 valence electrons. The molecule has 0 radical (unpaired) electrons. The lowest BCUT2D eigenvalue weighted by Gasteiger charge is -2.24. The first kappa shape index (κ1) is 35.6. The predicted molar refractivity (Wildman–Crippen MR) is 253 cm³/mol. The Hall–Kier alpha value is -7.37. The van der Waals surface area contributed by atoms with Gasteiger partial charge >= 0.3 is 0 Å². The summed E-state index contributed by atoms with van der Waals surface area (Å²) in [5.41, 5.74) is 12.9. The van der Waals surface area contributed by atoms with Crippen molar-refractivity contribution >= 4 is 54.4 Å². The minimum atomic E-state index is 0.0135. The van der Waals surface area contributed by atoms with Crippen molar-refractivity contribution in [2.45, 2.75) is 44.9 Å². The van der Waals surface area contributed by atoms with E-state index in [1.807, 2.05) is 24.3 Å². The topological polar surface area (TPSA) is 48.5 Å². The molecule has 11 aromatic rings. The van der Waals surface area contributed by atoms with E-state index >= 15 is 0 Å². The Morgan fingerprint density at radius 1 is 0.410 bits per heavy atom. The van der Waals surface area contributed by atoms with E-state index in [1.165, 1.54) is 38.6 Å². The lowest BCUT2D eigenvalue weighted by molar-refractivity contribution is 0.403. The molecule has 0 saturated heterocycles. The highest BCUT2D eigenvalue weighted by molar-refractivity contribution is 6.23. The van der Waals surface area contributed by atoms with Crippen molar-refractivity contribution in [2.75, 3.05) is 0 Å². The number of hydrogen-bond donors (Lipinski definition) is 0. The number of para-hydroxylation sites is 1. The predicted octanol–water partition coefficient (Wildman–Crippen LogP) is 14.2. The van der Waals surface area contributed by atoms with Crippen molar-refractivity contribution in [1.29, 1.82) is 0 Å². The van der Waals surface area contributed by atoms with E-state index in [9.17, 15) is 0 Å². The summed E-state index contributed by atoms with van der Waals surface area (Å²) in [6, 6.07) is 63.1. The lowest BCUT2D eigenvalue weighted by Crippen LogP contribution is -2.18. The summed E-state index contributed by atoms with van der Waals surface area (Å²) in [5.74, 6) is 1.83. The molecule has 8 aromatic carbocycles. The minimum Gasteiger partial charge on any atom is -0.309 e. The molecule has 0 N–H and O–H groups in total. The van der Waals surface area contributed by atoms with Crippen LogP contribution in [0.25, 0.3) is 99.9 Å². The molecule has 1 aliphatic rings. The Balaban J connectivity index is 1.19. The number of hydrogen-bond acceptors (Lipinski definition) is 3. The number of benzene rings is 8. The molecular formula is C56H43N5. The molecular weight excluding hydrogens is 743 g/mol. The molecule has 12 rings (SSSR count). The van der Waals surface area contributed by atoms with Gasteiger partial charge in [0.1, 0.15) is 0 Å². The van der Waals surface area contributed by atoms with Gasteiger partial charge in [-0.1, -0.05) is 173 Å². The maximum absolute atomic E-state index is 5.41. The first-order valence-corrected chi connectivity index (χ1v) is 21.2. The van der Waals surface area contributed by atoms with E-state index in [1.54, 1.807) is 0 Å². The largest absolute Gasteiger partial charge is 0.309 e. The summed E-state index contributed by atoms with van der Waals surface area (Å²) < 4.78 is 4.83. The molecule has 61 heavy (non-hydrogen) atoms. The number of nitrogens with zero attached hydrogens (tertiary/aromatic N) is 5. The second-order valence-electron chi connectivity index (χ2n) is 18.0. The van der Waals surface area contributed by atoms with Crippen molar-refractivity contribution in [3.63, 3.8) is 0 Å². The van der Waals surface area contributed by atoms with Crippen molar-refractivity contribution < 1.29 is 0 Å². The Bertz CT molecular complexity index is 3550. The smallest absolute Gasteiger partial charge is 0.238 e. The average Bonchev–Trinajstić information content (AvgIpc) is 3.87. The van der Waals surface area contributed by atoms with Crippen LogP contribution in [-0.4, -0.2) is 24.1 Å². The molecule has 1 aliphatic carbocycles. The van der Waals surface area contributed by atoms with Gasteiger partial charge in [0.05, 0.1) is 27.8 Å². The van der Waals surface area contributed by atoms with E-state index < -0.39 is 0 Å². The van der Waals surface area contributed by atoms with Gasteiger partial charge in [-0.05, 0) is 75.2 Å². The third kappa shape index (κ3) is 5.43. The van der Waals surface area contributed by atoms with Crippen LogP contribution < -0.4 is 0 Å². The fourth-order valence-corrected chi connectivity index (χ4v) is 10.8. The molecule has 0 amide bonds. The van der Waals surface area contributed by atoms with Gasteiger partial charge in [-0.2, -0.15) is 9.97 Å². The molecule has 5 heteroatoms. The Labute approximate surface area is 354 Å². The van der Waals surface area contributed by atoms with Crippen LogP contribution in [0.4, 0.5) is 0 Å². The maximum Gasteiger partial charge on any atom is 0.238 e. The van der Waals surface area contributed by atoms with Crippen molar-refractivity contribution in [2.24, 2.45) is 0 Å². The van der Waals surface area contributed by atoms with Gasteiger partial charge in [-0.15, -0.1) is 0 Å². The summed E-state index contributed by atoms with van der Waals surface area (Å²) >= 11 is 0. The highest BCUT2D eigenvalue weighted by Gasteiger charge is 2.43. The summed E-state index contributed by atoms with van der Waals surface area (Å²) in [7, 11) is 0. The van der Waals surface area contributed by atoms with Crippen LogP contribution in [-0.2, 0) is 10.8 Å². The van der Waals surface area contributed by atoms with Gasteiger partial charge in [-0.25, -0.2) is 4.98 Å². The molecule has 5 nitrogen and oxygen atoms in total. The second-order valence-corrected chi connectivity index (χ2v) is 18.0. The molecule has 0 atom stereocenters. The molecule has 3 aromatic heterocycles. The van der Waals surface area contributed by atoms with Gasteiger partial charge in [0.25, 0.3) is 0 Å². The molecule has 0 unspecified atom stereocenters. The zero-order valence-electron chi connectivity index (χ0n) is 34.7. The highest BCUT2D eigenvalue weighted by Crippen LogP contribution is 2.52.